The van der Waals surface area contributed by atoms with Crippen LogP contribution in [0.4, 0.5) is 10.5 Å². The molecule has 4 heteroatoms. The van der Waals surface area contributed by atoms with E-state index >= 15 is 0 Å². The minimum Gasteiger partial charge on any atom is -0.444 e. The topological polar surface area (TPSA) is 29.5 Å². The molecule has 1 saturated heterocycles. The van der Waals surface area contributed by atoms with Crippen molar-refractivity contribution < 1.29 is 9.53 Å². The lowest BCUT2D eigenvalue weighted by atomic mass is 10.1. The van der Waals surface area contributed by atoms with Gasteiger partial charge in [-0.1, -0.05) is 55.0 Å². The minimum atomic E-state index is -0.215. The molecule has 0 spiro atoms. The van der Waals surface area contributed by atoms with Gasteiger partial charge in [-0.15, -0.1) is 0 Å². The van der Waals surface area contributed by atoms with Crippen LogP contribution in [0.1, 0.15) is 51.9 Å². The molecule has 0 aliphatic carbocycles. The Kier molecular flexibility index (Phi) is 6.55. The van der Waals surface area contributed by atoms with Gasteiger partial charge in [0.05, 0.1) is 6.54 Å². The Morgan fingerprint density at radius 2 is 1.81 bits per heavy atom. The van der Waals surface area contributed by atoms with Crippen molar-refractivity contribution in [3.63, 3.8) is 0 Å². The average Bonchev–Trinajstić information content (AvgIpc) is 2.85. The van der Waals surface area contributed by atoms with E-state index in [0.29, 0.717) is 6.54 Å². The molecule has 2 rings (SSSR count). The quantitative estimate of drug-likeness (QED) is 0.575. The van der Waals surface area contributed by atoms with Gasteiger partial charge in [-0.2, -0.15) is 0 Å². The fourth-order valence-corrected chi connectivity index (χ4v) is 2.92. The number of anilines is 1. The zero-order valence-corrected chi connectivity index (χ0v) is 14.3. The lowest BCUT2D eigenvalue weighted by Gasteiger charge is -2.12. The molecule has 1 atom stereocenters. The molecule has 0 N–H and O–H groups in total. The van der Waals surface area contributed by atoms with E-state index in [9.17, 15) is 4.79 Å². The van der Waals surface area contributed by atoms with E-state index in [-0.39, 0.29) is 12.2 Å². The summed E-state index contributed by atoms with van der Waals surface area (Å²) in [4.78, 5) is 13.7. The minimum absolute atomic E-state index is 0.0484. The fourth-order valence-electron chi connectivity index (χ4n) is 2.66. The first-order valence-corrected chi connectivity index (χ1v) is 8.73. The molecule has 0 saturated carbocycles. The number of carbonyl (C=O) groups is 1. The Hall–Kier alpha value is -1.03. The van der Waals surface area contributed by atoms with Crippen molar-refractivity contribution in [2.45, 2.75) is 58.0 Å². The van der Waals surface area contributed by atoms with Crippen LogP contribution in [0, 0.1) is 0 Å². The van der Waals surface area contributed by atoms with Crippen LogP contribution in [-0.2, 0) is 4.74 Å². The predicted octanol–water partition coefficient (Wildman–Crippen LogP) is 5.52. The molecule has 3 nitrogen and oxygen atoms in total. The number of rotatable bonds is 8. The first-order valence-electron chi connectivity index (χ1n) is 7.94. The molecule has 1 fully saturated rings. The molecule has 21 heavy (non-hydrogen) atoms. The second kappa shape index (κ2) is 8.42. The standard InChI is InChI=1S/C17H24BrNO2/c1-2-3-4-5-6-7-8-16-13-19(17(20)21-16)15-11-9-14(18)10-12-15/h9-12,16H,2-8,13H2,1H3/t16-/m1/s1. The Morgan fingerprint density at radius 3 is 2.52 bits per heavy atom. The summed E-state index contributed by atoms with van der Waals surface area (Å²) < 4.78 is 6.48. The summed E-state index contributed by atoms with van der Waals surface area (Å²) in [6.45, 7) is 2.91. The van der Waals surface area contributed by atoms with Crippen LogP contribution in [0.5, 0.6) is 0 Å². The lowest BCUT2D eigenvalue weighted by molar-refractivity contribution is 0.135. The molecule has 1 amide bonds. The third-order valence-electron chi connectivity index (χ3n) is 3.89. The predicted molar refractivity (Wildman–Crippen MR) is 89.8 cm³/mol. The second-order valence-corrected chi connectivity index (χ2v) is 6.56. The van der Waals surface area contributed by atoms with E-state index in [1.54, 1.807) is 4.90 Å². The largest absolute Gasteiger partial charge is 0.444 e. The van der Waals surface area contributed by atoms with Gasteiger partial charge < -0.3 is 4.74 Å². The van der Waals surface area contributed by atoms with Gasteiger partial charge in [0.15, 0.2) is 0 Å². The van der Waals surface area contributed by atoms with Crippen LogP contribution in [0.2, 0.25) is 0 Å². The first-order chi connectivity index (χ1) is 10.2. The van der Waals surface area contributed by atoms with Gasteiger partial charge in [-0.3, -0.25) is 4.90 Å². The lowest BCUT2D eigenvalue weighted by Crippen LogP contribution is -2.24. The van der Waals surface area contributed by atoms with Gasteiger partial charge in [0.1, 0.15) is 6.10 Å². The number of halogens is 1. The number of unbranched alkanes of at least 4 members (excludes halogenated alkanes) is 5. The van der Waals surface area contributed by atoms with Crippen molar-refractivity contribution in [3.05, 3.63) is 28.7 Å². The maximum Gasteiger partial charge on any atom is 0.414 e. The Morgan fingerprint density at radius 1 is 1.14 bits per heavy atom. The van der Waals surface area contributed by atoms with Gasteiger partial charge >= 0.3 is 6.09 Å². The fraction of sp³-hybridized carbons (Fsp3) is 0.588. The SMILES string of the molecule is CCCCCCCC[C@@H]1CN(c2ccc(Br)cc2)C(=O)O1. The van der Waals surface area contributed by atoms with Gasteiger partial charge in [0.25, 0.3) is 0 Å². The van der Waals surface area contributed by atoms with Crippen molar-refractivity contribution in [1.29, 1.82) is 0 Å². The van der Waals surface area contributed by atoms with Crippen LogP contribution in [0.25, 0.3) is 0 Å². The highest BCUT2D eigenvalue weighted by molar-refractivity contribution is 9.10. The summed E-state index contributed by atoms with van der Waals surface area (Å²) in [5, 5.41) is 0. The van der Waals surface area contributed by atoms with Gasteiger partial charge in [0.2, 0.25) is 0 Å². The molecular weight excluding hydrogens is 330 g/mol. The summed E-state index contributed by atoms with van der Waals surface area (Å²) in [7, 11) is 0. The van der Waals surface area contributed by atoms with E-state index in [1.807, 2.05) is 24.3 Å². The number of cyclic esters (lactones) is 1. The molecule has 1 aromatic carbocycles. The second-order valence-electron chi connectivity index (χ2n) is 5.65. The van der Waals surface area contributed by atoms with E-state index < -0.39 is 0 Å². The number of hydrogen-bond acceptors (Lipinski definition) is 2. The molecule has 116 valence electrons. The van der Waals surface area contributed by atoms with Crippen molar-refractivity contribution in [1.82, 2.24) is 0 Å². The molecule has 1 aliphatic rings. The number of ether oxygens (including phenoxy) is 1. The summed E-state index contributed by atoms with van der Waals surface area (Å²) in [5.41, 5.74) is 0.911. The number of nitrogens with zero attached hydrogens (tertiary/aromatic N) is 1. The number of carbonyl (C=O) groups excluding carboxylic acids is 1. The zero-order valence-electron chi connectivity index (χ0n) is 12.7. The molecule has 1 heterocycles. The van der Waals surface area contributed by atoms with Crippen LogP contribution < -0.4 is 4.90 Å². The van der Waals surface area contributed by atoms with Crippen LogP contribution in [-0.4, -0.2) is 18.7 Å². The van der Waals surface area contributed by atoms with Gasteiger partial charge in [0, 0.05) is 10.2 Å². The Bertz CT molecular complexity index is 447. The van der Waals surface area contributed by atoms with E-state index in [2.05, 4.69) is 22.9 Å². The molecular formula is C17H24BrNO2. The average molecular weight is 354 g/mol. The number of hydrogen-bond donors (Lipinski definition) is 0. The normalized spacial score (nSPS) is 18.1. The summed E-state index contributed by atoms with van der Waals surface area (Å²) in [6.07, 6.45) is 8.43. The Labute approximate surface area is 135 Å². The maximum atomic E-state index is 11.9. The Balaban J connectivity index is 1.73. The third kappa shape index (κ3) is 5.03. The monoisotopic (exact) mass is 353 g/mol. The van der Waals surface area contributed by atoms with Crippen molar-refractivity contribution in [2.24, 2.45) is 0 Å². The molecule has 0 unspecified atom stereocenters. The smallest absolute Gasteiger partial charge is 0.414 e. The van der Waals surface area contributed by atoms with Crippen molar-refractivity contribution >= 4 is 27.7 Å². The zero-order chi connectivity index (χ0) is 15.1. The molecule has 0 bridgehead atoms. The van der Waals surface area contributed by atoms with E-state index in [0.717, 1.165) is 23.0 Å². The van der Waals surface area contributed by atoms with Gasteiger partial charge in [-0.05, 0) is 37.1 Å². The first kappa shape index (κ1) is 16.3. The molecule has 0 radical (unpaired) electrons. The highest BCUT2D eigenvalue weighted by atomic mass is 79.9. The van der Waals surface area contributed by atoms with Crippen molar-refractivity contribution in [2.75, 3.05) is 11.4 Å². The third-order valence-corrected chi connectivity index (χ3v) is 4.42. The highest BCUT2D eigenvalue weighted by Crippen LogP contribution is 2.25. The van der Waals surface area contributed by atoms with Crippen molar-refractivity contribution in [3.8, 4) is 0 Å². The van der Waals surface area contributed by atoms with E-state index in [1.165, 1.54) is 32.1 Å². The molecule has 0 aromatic heterocycles. The summed E-state index contributed by atoms with van der Waals surface area (Å²) in [6, 6.07) is 7.78. The number of benzene rings is 1. The summed E-state index contributed by atoms with van der Waals surface area (Å²) in [5.74, 6) is 0. The number of amides is 1. The van der Waals surface area contributed by atoms with Crippen LogP contribution in [0.15, 0.2) is 28.7 Å². The van der Waals surface area contributed by atoms with E-state index in [4.69, 9.17) is 4.74 Å². The highest BCUT2D eigenvalue weighted by Gasteiger charge is 2.31. The molecule has 1 aromatic rings. The van der Waals surface area contributed by atoms with Crippen LogP contribution >= 0.6 is 15.9 Å². The molecule has 1 aliphatic heterocycles. The van der Waals surface area contributed by atoms with Gasteiger partial charge in [-0.25, -0.2) is 4.79 Å². The maximum absolute atomic E-state index is 11.9. The summed E-state index contributed by atoms with van der Waals surface area (Å²) >= 11 is 3.41. The van der Waals surface area contributed by atoms with Crippen LogP contribution in [0.3, 0.4) is 0 Å².